The molecule has 3 atom stereocenters. The molecule has 34 heavy (non-hydrogen) atoms. The molecule has 1 amide bonds. The third-order valence-electron chi connectivity index (χ3n) is 6.27. The number of Topliss-reactive ketones (excluding diaryl/α,β-unsaturated/α-hetero) is 1. The van der Waals surface area contributed by atoms with E-state index < -0.39 is 17.9 Å². The zero-order valence-corrected chi connectivity index (χ0v) is 18.8. The number of fused-ring (bicyclic) bond motifs is 3. The lowest BCUT2D eigenvalue weighted by Crippen LogP contribution is -2.53. The molecule has 0 saturated heterocycles. The van der Waals surface area contributed by atoms with Crippen molar-refractivity contribution in [2.24, 2.45) is 0 Å². The number of ether oxygens (including phenoxy) is 1. The van der Waals surface area contributed by atoms with E-state index in [2.05, 4.69) is 5.32 Å². The number of benzene rings is 3. The summed E-state index contributed by atoms with van der Waals surface area (Å²) in [5.74, 6) is -1.26. The van der Waals surface area contributed by atoms with Crippen molar-refractivity contribution in [2.45, 2.75) is 24.8 Å². The molecule has 1 aliphatic rings. The van der Waals surface area contributed by atoms with Crippen LogP contribution in [0.1, 0.15) is 45.3 Å². The fraction of sp³-hybridized carbons (Fsp3) is 0.185. The molecular formula is C27H23N3O4. The maximum absolute atomic E-state index is 14.0. The number of aromatic nitrogens is 2. The Hall–Kier alpha value is -4.26. The van der Waals surface area contributed by atoms with Crippen molar-refractivity contribution in [2.75, 3.05) is 7.11 Å². The van der Waals surface area contributed by atoms with Crippen LogP contribution >= 0.6 is 0 Å². The van der Waals surface area contributed by atoms with Gasteiger partial charge in [-0.3, -0.25) is 19.0 Å². The van der Waals surface area contributed by atoms with Gasteiger partial charge in [0.1, 0.15) is 17.6 Å². The molecule has 0 unspecified atom stereocenters. The highest BCUT2D eigenvalue weighted by molar-refractivity contribution is 6.06. The molecule has 0 spiro atoms. The Morgan fingerprint density at radius 1 is 0.941 bits per heavy atom. The third kappa shape index (κ3) is 3.55. The van der Waals surface area contributed by atoms with Crippen LogP contribution in [0.5, 0.6) is 5.75 Å². The van der Waals surface area contributed by atoms with E-state index in [1.165, 1.54) is 11.5 Å². The molecule has 5 rings (SSSR count). The molecule has 1 aliphatic heterocycles. The molecule has 1 aromatic heterocycles. The molecule has 0 bridgehead atoms. The van der Waals surface area contributed by atoms with Gasteiger partial charge in [0.25, 0.3) is 5.91 Å². The fourth-order valence-electron chi connectivity index (χ4n) is 4.77. The second-order valence-electron chi connectivity index (χ2n) is 8.32. The maximum atomic E-state index is 14.0. The summed E-state index contributed by atoms with van der Waals surface area (Å²) in [5.41, 5.74) is 2.48. The number of ketones is 1. The molecule has 170 valence electrons. The van der Waals surface area contributed by atoms with Gasteiger partial charge in [0.2, 0.25) is 5.91 Å². The number of nitrogens with zero attached hydrogens (tertiary/aromatic N) is 2. The van der Waals surface area contributed by atoms with Crippen molar-refractivity contribution in [3.05, 3.63) is 95.8 Å². The minimum absolute atomic E-state index is 0.166. The van der Waals surface area contributed by atoms with Crippen LogP contribution in [0.15, 0.2) is 78.9 Å². The van der Waals surface area contributed by atoms with Crippen molar-refractivity contribution < 1.29 is 19.1 Å². The van der Waals surface area contributed by atoms with E-state index in [4.69, 9.17) is 9.72 Å². The average molecular weight is 453 g/mol. The van der Waals surface area contributed by atoms with Crippen molar-refractivity contribution in [1.82, 2.24) is 14.9 Å². The predicted octanol–water partition coefficient (Wildman–Crippen LogP) is 3.95. The van der Waals surface area contributed by atoms with Gasteiger partial charge in [0, 0.05) is 18.4 Å². The molecular weight excluding hydrogens is 430 g/mol. The number of hydrogen-bond acceptors (Lipinski definition) is 5. The highest BCUT2D eigenvalue weighted by atomic mass is 16.5. The van der Waals surface area contributed by atoms with Gasteiger partial charge in [0.15, 0.2) is 5.78 Å². The summed E-state index contributed by atoms with van der Waals surface area (Å²) < 4.78 is 6.78. The van der Waals surface area contributed by atoms with E-state index >= 15 is 0 Å². The van der Waals surface area contributed by atoms with Crippen molar-refractivity contribution in [1.29, 1.82) is 0 Å². The predicted molar refractivity (Wildman–Crippen MR) is 127 cm³/mol. The molecule has 7 heteroatoms. The largest absolute Gasteiger partial charge is 0.497 e. The van der Waals surface area contributed by atoms with E-state index in [0.717, 1.165) is 5.56 Å². The monoisotopic (exact) mass is 453 g/mol. The van der Waals surface area contributed by atoms with E-state index in [0.29, 0.717) is 28.2 Å². The van der Waals surface area contributed by atoms with Crippen molar-refractivity contribution in [3.8, 4) is 5.75 Å². The van der Waals surface area contributed by atoms with E-state index in [1.807, 2.05) is 36.4 Å². The van der Waals surface area contributed by atoms with E-state index in [9.17, 15) is 14.4 Å². The lowest BCUT2D eigenvalue weighted by atomic mass is 9.74. The smallest absolute Gasteiger partial charge is 0.255 e. The maximum Gasteiger partial charge on any atom is 0.255 e. The minimum atomic E-state index is -0.950. The van der Waals surface area contributed by atoms with Crippen LogP contribution in [0, 0.1) is 0 Å². The number of methoxy groups -OCH3 is 1. The lowest BCUT2D eigenvalue weighted by molar-refractivity contribution is -0.119. The van der Waals surface area contributed by atoms with Crippen molar-refractivity contribution >= 4 is 28.6 Å². The Labute approximate surface area is 196 Å². The lowest BCUT2D eigenvalue weighted by Gasteiger charge is -2.37. The molecule has 0 radical (unpaired) electrons. The zero-order chi connectivity index (χ0) is 23.8. The van der Waals surface area contributed by atoms with Crippen LogP contribution in [0.4, 0.5) is 0 Å². The number of hydrogen-bond donors (Lipinski definition) is 1. The van der Waals surface area contributed by atoms with Gasteiger partial charge in [0.05, 0.1) is 24.1 Å². The highest BCUT2D eigenvalue weighted by Crippen LogP contribution is 2.43. The summed E-state index contributed by atoms with van der Waals surface area (Å²) in [7, 11) is 1.57. The second-order valence-corrected chi connectivity index (χ2v) is 8.32. The van der Waals surface area contributed by atoms with Gasteiger partial charge in [-0.1, -0.05) is 54.6 Å². The topological polar surface area (TPSA) is 90.3 Å². The van der Waals surface area contributed by atoms with Crippen LogP contribution in [0.25, 0.3) is 11.0 Å². The van der Waals surface area contributed by atoms with Gasteiger partial charge in [-0.15, -0.1) is 0 Å². The molecule has 0 saturated carbocycles. The zero-order valence-electron chi connectivity index (χ0n) is 18.8. The normalized spacial score (nSPS) is 19.5. The number of rotatable bonds is 5. The molecule has 3 aromatic carbocycles. The molecule has 0 aliphatic carbocycles. The number of nitrogens with one attached hydrogen (secondary N) is 1. The second kappa shape index (κ2) is 8.59. The average Bonchev–Trinajstić information content (AvgIpc) is 3.25. The first-order valence-electron chi connectivity index (χ1n) is 11.0. The van der Waals surface area contributed by atoms with Crippen LogP contribution in [0.3, 0.4) is 0 Å². The standard InChI is InChI=1S/C27H23N3O4/c1-16(31)28-24-22(17-12-14-19(34-2)15-13-17)23(25(32)18-8-4-3-5-9-18)26-29-20-10-6-7-11-21(20)30(26)27(24)33/h3-15,22-24H,1-2H3,(H,28,31)/t22-,23-,24-/m0/s1. The summed E-state index contributed by atoms with van der Waals surface area (Å²) in [5, 5.41) is 2.82. The van der Waals surface area contributed by atoms with Crippen LogP contribution < -0.4 is 10.1 Å². The summed E-state index contributed by atoms with van der Waals surface area (Å²) in [6.45, 7) is 1.37. The Balaban J connectivity index is 1.78. The summed E-state index contributed by atoms with van der Waals surface area (Å²) in [4.78, 5) is 44.7. The van der Waals surface area contributed by atoms with Crippen molar-refractivity contribution in [3.63, 3.8) is 0 Å². The van der Waals surface area contributed by atoms with Gasteiger partial charge >= 0.3 is 0 Å². The van der Waals surface area contributed by atoms with Gasteiger partial charge < -0.3 is 10.1 Å². The van der Waals surface area contributed by atoms with Crippen LogP contribution in [-0.4, -0.2) is 40.3 Å². The molecule has 2 heterocycles. The Morgan fingerprint density at radius 2 is 1.62 bits per heavy atom. The third-order valence-corrected chi connectivity index (χ3v) is 6.27. The number of amides is 1. The van der Waals surface area contributed by atoms with Gasteiger partial charge in [-0.25, -0.2) is 4.98 Å². The fourth-order valence-corrected chi connectivity index (χ4v) is 4.77. The molecule has 7 nitrogen and oxygen atoms in total. The Kier molecular flexibility index (Phi) is 5.45. The first kappa shape index (κ1) is 21.6. The SMILES string of the molecule is COc1ccc([C@@H]2[C@H](NC(C)=O)C(=O)n3c(nc4ccccc43)[C@@H]2C(=O)c2ccccc2)cc1. The van der Waals surface area contributed by atoms with E-state index in [1.54, 1.807) is 49.6 Å². The Morgan fingerprint density at radius 3 is 2.29 bits per heavy atom. The molecule has 1 N–H and O–H groups in total. The molecule has 4 aromatic rings. The Bertz CT molecular complexity index is 1390. The first-order chi connectivity index (χ1) is 16.5. The number of carbonyl (C=O) groups excluding carboxylic acids is 3. The highest BCUT2D eigenvalue weighted by Gasteiger charge is 2.48. The molecule has 0 fully saturated rings. The first-order valence-corrected chi connectivity index (χ1v) is 11.0. The summed E-state index contributed by atoms with van der Waals surface area (Å²) in [6.07, 6.45) is 0. The summed E-state index contributed by atoms with van der Waals surface area (Å²) in [6, 6.07) is 22.5. The summed E-state index contributed by atoms with van der Waals surface area (Å²) >= 11 is 0. The number of carbonyl (C=O) groups is 3. The number of para-hydroxylation sites is 2. The van der Waals surface area contributed by atoms with Crippen LogP contribution in [-0.2, 0) is 4.79 Å². The quantitative estimate of drug-likeness (QED) is 0.462. The van der Waals surface area contributed by atoms with E-state index in [-0.39, 0.29) is 17.6 Å². The minimum Gasteiger partial charge on any atom is -0.497 e. The van der Waals surface area contributed by atoms with Gasteiger partial charge in [-0.2, -0.15) is 0 Å². The van der Waals surface area contributed by atoms with Crippen LogP contribution in [0.2, 0.25) is 0 Å². The number of imidazole rings is 1. The van der Waals surface area contributed by atoms with Gasteiger partial charge in [-0.05, 0) is 29.8 Å².